The van der Waals surface area contributed by atoms with Crippen molar-refractivity contribution in [1.29, 1.82) is 0 Å². The van der Waals surface area contributed by atoms with Gasteiger partial charge in [-0.1, -0.05) is 18.2 Å². The van der Waals surface area contributed by atoms with Crippen LogP contribution in [0.2, 0.25) is 0 Å². The first-order chi connectivity index (χ1) is 12.1. The third kappa shape index (κ3) is 2.90. The largest absolute Gasteiger partial charge is 0.327 e. The summed E-state index contributed by atoms with van der Waals surface area (Å²) in [6, 6.07) is 12.8. The molecule has 1 N–H and O–H groups in total. The zero-order chi connectivity index (χ0) is 17.4. The second-order valence-electron chi connectivity index (χ2n) is 5.59. The molecule has 0 saturated carbocycles. The molecular formula is C16H15N5O2S2. The molecule has 0 unspecified atom stereocenters. The molecule has 25 heavy (non-hydrogen) atoms. The van der Waals surface area contributed by atoms with E-state index in [1.807, 2.05) is 35.8 Å². The third-order valence-corrected chi connectivity index (χ3v) is 6.05. The number of nitrogens with one attached hydrogen (secondary N) is 1. The topological polar surface area (TPSA) is 89.8 Å². The Morgan fingerprint density at radius 2 is 1.88 bits per heavy atom. The van der Waals surface area contributed by atoms with E-state index >= 15 is 0 Å². The highest BCUT2D eigenvalue weighted by molar-refractivity contribution is 7.89. The van der Waals surface area contributed by atoms with Crippen molar-refractivity contribution in [3.8, 4) is 0 Å². The number of benzene rings is 2. The highest BCUT2D eigenvalue weighted by Gasteiger charge is 2.19. The van der Waals surface area contributed by atoms with E-state index in [1.54, 1.807) is 18.2 Å². The summed E-state index contributed by atoms with van der Waals surface area (Å²) in [6.45, 7) is 2.67. The molecule has 0 aliphatic carbocycles. The molecule has 0 radical (unpaired) electrons. The lowest BCUT2D eigenvalue weighted by Gasteiger charge is -2.09. The molecule has 2 heterocycles. The first kappa shape index (κ1) is 16.1. The monoisotopic (exact) mass is 373 g/mol. The van der Waals surface area contributed by atoms with Crippen molar-refractivity contribution in [2.45, 2.75) is 18.4 Å². The molecule has 4 aromatic rings. The number of hydrogen-bond donors (Lipinski definition) is 1. The quantitative estimate of drug-likeness (QED) is 0.580. The first-order valence-electron chi connectivity index (χ1n) is 7.69. The van der Waals surface area contributed by atoms with Crippen molar-refractivity contribution in [1.82, 2.24) is 23.0 Å². The van der Waals surface area contributed by atoms with Gasteiger partial charge in [-0.3, -0.25) is 0 Å². The van der Waals surface area contributed by atoms with Crippen LogP contribution in [-0.2, 0) is 16.6 Å². The zero-order valence-electron chi connectivity index (χ0n) is 13.4. The number of aryl methyl sites for hydroxylation is 1. The van der Waals surface area contributed by atoms with Crippen molar-refractivity contribution in [3.05, 3.63) is 48.3 Å². The number of nitrogens with zero attached hydrogens (tertiary/aromatic N) is 4. The van der Waals surface area contributed by atoms with Crippen molar-refractivity contribution >= 4 is 43.8 Å². The fraction of sp³-hybridized carbons (Fsp3) is 0.188. The number of imidazole rings is 1. The first-order valence-corrected chi connectivity index (χ1v) is 9.90. The molecule has 0 spiro atoms. The fourth-order valence-corrected chi connectivity index (χ4v) is 4.63. The van der Waals surface area contributed by atoms with Crippen LogP contribution < -0.4 is 4.72 Å². The number of aromatic nitrogens is 4. The maximum atomic E-state index is 12.6. The fourth-order valence-electron chi connectivity index (χ4n) is 2.85. The predicted molar refractivity (Wildman–Crippen MR) is 97.1 cm³/mol. The van der Waals surface area contributed by atoms with Crippen LogP contribution in [0.5, 0.6) is 0 Å². The normalized spacial score (nSPS) is 12.2. The second-order valence-corrected chi connectivity index (χ2v) is 7.85. The summed E-state index contributed by atoms with van der Waals surface area (Å²) >= 11 is 1.00. The average molecular weight is 373 g/mol. The molecule has 0 aliphatic rings. The van der Waals surface area contributed by atoms with Gasteiger partial charge in [-0.2, -0.15) is 8.75 Å². The Labute approximate surface area is 148 Å². The van der Waals surface area contributed by atoms with Crippen molar-refractivity contribution in [2.24, 2.45) is 0 Å². The highest BCUT2D eigenvalue weighted by Crippen LogP contribution is 2.21. The van der Waals surface area contributed by atoms with Gasteiger partial charge in [0.2, 0.25) is 10.0 Å². The van der Waals surface area contributed by atoms with E-state index in [1.165, 1.54) is 0 Å². The molecule has 7 nitrogen and oxygen atoms in total. The van der Waals surface area contributed by atoms with E-state index in [9.17, 15) is 8.42 Å². The lowest BCUT2D eigenvalue weighted by Crippen LogP contribution is -2.27. The Bertz CT molecular complexity index is 1160. The lowest BCUT2D eigenvalue weighted by atomic mass is 10.3. The van der Waals surface area contributed by atoms with Gasteiger partial charge in [0.25, 0.3) is 0 Å². The van der Waals surface area contributed by atoms with Gasteiger partial charge in [0.05, 0.1) is 22.8 Å². The molecule has 0 aliphatic heterocycles. The average Bonchev–Trinajstić information content (AvgIpc) is 3.19. The van der Waals surface area contributed by atoms with Crippen LogP contribution in [0.1, 0.15) is 5.82 Å². The van der Waals surface area contributed by atoms with E-state index in [-0.39, 0.29) is 11.4 Å². The van der Waals surface area contributed by atoms with Crippen LogP contribution in [0.25, 0.3) is 22.1 Å². The summed E-state index contributed by atoms with van der Waals surface area (Å²) in [5.74, 6) is 0.853. The number of sulfonamides is 1. The number of para-hydroxylation sites is 2. The van der Waals surface area contributed by atoms with Gasteiger partial charge in [0.1, 0.15) is 21.8 Å². The molecule has 2 aromatic heterocycles. The zero-order valence-corrected chi connectivity index (χ0v) is 15.0. The summed E-state index contributed by atoms with van der Waals surface area (Å²) in [7, 11) is -3.66. The molecule has 9 heteroatoms. The molecule has 0 atom stereocenters. The van der Waals surface area contributed by atoms with Gasteiger partial charge < -0.3 is 4.57 Å². The van der Waals surface area contributed by atoms with E-state index in [0.29, 0.717) is 17.6 Å². The molecule has 4 rings (SSSR count). The number of rotatable bonds is 5. The van der Waals surface area contributed by atoms with Gasteiger partial charge in [-0.25, -0.2) is 18.1 Å². The summed E-state index contributed by atoms with van der Waals surface area (Å²) < 4.78 is 38.1. The van der Waals surface area contributed by atoms with Gasteiger partial charge in [-0.15, -0.1) is 0 Å². The Hall–Kier alpha value is -2.36. The van der Waals surface area contributed by atoms with Crippen LogP contribution >= 0.6 is 11.7 Å². The van der Waals surface area contributed by atoms with Crippen LogP contribution in [-0.4, -0.2) is 33.3 Å². The Morgan fingerprint density at radius 1 is 1.08 bits per heavy atom. The second kappa shape index (κ2) is 6.17. The van der Waals surface area contributed by atoms with Gasteiger partial charge in [-0.05, 0) is 31.2 Å². The summed E-state index contributed by atoms with van der Waals surface area (Å²) in [5.41, 5.74) is 2.89. The SMILES string of the molecule is Cc1nc2ccccc2n1CCNS(=O)(=O)c1cccc2nsnc12. The summed E-state index contributed by atoms with van der Waals surface area (Å²) in [4.78, 5) is 4.65. The van der Waals surface area contributed by atoms with E-state index in [0.717, 1.165) is 28.6 Å². The van der Waals surface area contributed by atoms with Gasteiger partial charge >= 0.3 is 0 Å². The molecule has 2 aromatic carbocycles. The molecule has 0 saturated heterocycles. The van der Waals surface area contributed by atoms with Crippen LogP contribution in [0, 0.1) is 6.92 Å². The van der Waals surface area contributed by atoms with Crippen LogP contribution in [0.15, 0.2) is 47.4 Å². The molecule has 0 fully saturated rings. The minimum Gasteiger partial charge on any atom is -0.327 e. The smallest absolute Gasteiger partial charge is 0.242 e. The minimum atomic E-state index is -3.66. The predicted octanol–water partition coefficient (Wildman–Crippen LogP) is 2.33. The minimum absolute atomic E-state index is 0.158. The van der Waals surface area contributed by atoms with E-state index < -0.39 is 10.0 Å². The lowest BCUT2D eigenvalue weighted by molar-refractivity contribution is 0.573. The maximum absolute atomic E-state index is 12.6. The van der Waals surface area contributed by atoms with Gasteiger partial charge in [0.15, 0.2) is 0 Å². The summed E-state index contributed by atoms with van der Waals surface area (Å²) in [6.07, 6.45) is 0. The number of hydrogen-bond acceptors (Lipinski definition) is 6. The molecule has 0 amide bonds. The van der Waals surface area contributed by atoms with Gasteiger partial charge in [0, 0.05) is 13.1 Å². The van der Waals surface area contributed by atoms with E-state index in [2.05, 4.69) is 18.5 Å². The van der Waals surface area contributed by atoms with Crippen molar-refractivity contribution < 1.29 is 8.42 Å². The van der Waals surface area contributed by atoms with E-state index in [4.69, 9.17) is 0 Å². The Morgan fingerprint density at radius 3 is 2.76 bits per heavy atom. The van der Waals surface area contributed by atoms with Crippen molar-refractivity contribution in [3.63, 3.8) is 0 Å². The van der Waals surface area contributed by atoms with Crippen LogP contribution in [0.3, 0.4) is 0 Å². The van der Waals surface area contributed by atoms with Crippen LogP contribution in [0.4, 0.5) is 0 Å². The molecule has 0 bridgehead atoms. The Balaban J connectivity index is 1.56. The standard InChI is InChI=1S/C16H15N5O2S2/c1-11-18-12-5-2-3-7-14(12)21(11)10-9-17-25(22,23)15-8-4-6-13-16(15)20-24-19-13/h2-8,17H,9-10H2,1H3. The summed E-state index contributed by atoms with van der Waals surface area (Å²) in [5, 5.41) is 0. The molecular weight excluding hydrogens is 358 g/mol. The Kier molecular flexibility index (Phi) is 3.98. The number of fused-ring (bicyclic) bond motifs is 2. The van der Waals surface area contributed by atoms with Crippen molar-refractivity contribution in [2.75, 3.05) is 6.54 Å². The molecule has 128 valence electrons. The highest BCUT2D eigenvalue weighted by atomic mass is 32.2. The third-order valence-electron chi connectivity index (χ3n) is 4.01. The maximum Gasteiger partial charge on any atom is 0.242 e.